The van der Waals surface area contributed by atoms with Crippen molar-refractivity contribution in [2.24, 2.45) is 10.9 Å². The van der Waals surface area contributed by atoms with Crippen molar-refractivity contribution >= 4 is 23.1 Å². The summed E-state index contributed by atoms with van der Waals surface area (Å²) in [6.45, 7) is 2.38. The average molecular weight is 241 g/mol. The minimum Gasteiger partial charge on any atom is -0.409 e. The number of amidine groups is 1. The summed E-state index contributed by atoms with van der Waals surface area (Å²) in [5, 5.41) is 15.8. The SMILES string of the molecule is CCc1ccsc1C(=O)NCCC(N)=NO. The summed E-state index contributed by atoms with van der Waals surface area (Å²) >= 11 is 1.42. The van der Waals surface area contributed by atoms with Gasteiger partial charge in [-0.3, -0.25) is 4.79 Å². The largest absolute Gasteiger partial charge is 0.409 e. The maximum absolute atomic E-state index is 11.7. The molecule has 88 valence electrons. The van der Waals surface area contributed by atoms with Gasteiger partial charge in [-0.2, -0.15) is 0 Å². The predicted molar refractivity (Wildman–Crippen MR) is 64.1 cm³/mol. The first-order valence-corrected chi connectivity index (χ1v) is 5.88. The molecule has 0 aromatic carbocycles. The Bertz CT molecular complexity index is 387. The minimum absolute atomic E-state index is 0.0995. The van der Waals surface area contributed by atoms with E-state index in [2.05, 4.69) is 10.5 Å². The van der Waals surface area contributed by atoms with Crippen molar-refractivity contribution in [1.82, 2.24) is 5.32 Å². The van der Waals surface area contributed by atoms with Gasteiger partial charge in [-0.1, -0.05) is 12.1 Å². The molecule has 0 aliphatic carbocycles. The van der Waals surface area contributed by atoms with Crippen LogP contribution in [0.25, 0.3) is 0 Å². The summed E-state index contributed by atoms with van der Waals surface area (Å²) < 4.78 is 0. The van der Waals surface area contributed by atoms with Gasteiger partial charge in [-0.05, 0) is 23.4 Å². The Morgan fingerprint density at radius 2 is 2.44 bits per heavy atom. The predicted octanol–water partition coefficient (Wildman–Crippen LogP) is 1.18. The molecule has 1 rings (SSSR count). The van der Waals surface area contributed by atoms with E-state index in [1.165, 1.54) is 11.3 Å². The number of thiophene rings is 1. The number of carbonyl (C=O) groups excluding carboxylic acids is 1. The van der Waals surface area contributed by atoms with E-state index >= 15 is 0 Å². The van der Waals surface area contributed by atoms with Crippen LogP contribution in [-0.4, -0.2) is 23.5 Å². The summed E-state index contributed by atoms with van der Waals surface area (Å²) in [5.74, 6) is 0.0137. The second kappa shape index (κ2) is 6.12. The Labute approximate surface area is 98.0 Å². The summed E-state index contributed by atoms with van der Waals surface area (Å²) in [6.07, 6.45) is 1.18. The molecule has 0 aliphatic heterocycles. The highest BCUT2D eigenvalue weighted by Gasteiger charge is 2.11. The van der Waals surface area contributed by atoms with E-state index < -0.39 is 0 Å². The number of carbonyl (C=O) groups is 1. The second-order valence-electron chi connectivity index (χ2n) is 3.23. The van der Waals surface area contributed by atoms with Gasteiger partial charge in [0.25, 0.3) is 5.91 Å². The number of nitrogens with two attached hydrogens (primary N) is 1. The van der Waals surface area contributed by atoms with E-state index in [0.717, 1.165) is 16.9 Å². The van der Waals surface area contributed by atoms with Gasteiger partial charge in [0.1, 0.15) is 5.84 Å². The first-order valence-electron chi connectivity index (χ1n) is 5.00. The maximum Gasteiger partial charge on any atom is 0.261 e. The van der Waals surface area contributed by atoms with Crippen LogP contribution in [-0.2, 0) is 6.42 Å². The lowest BCUT2D eigenvalue weighted by atomic mass is 10.2. The number of oxime groups is 1. The van der Waals surface area contributed by atoms with Crippen LogP contribution in [0.15, 0.2) is 16.6 Å². The first kappa shape index (κ1) is 12.5. The van der Waals surface area contributed by atoms with E-state index in [1.807, 2.05) is 18.4 Å². The zero-order chi connectivity index (χ0) is 12.0. The van der Waals surface area contributed by atoms with Crippen molar-refractivity contribution in [2.45, 2.75) is 19.8 Å². The Balaban J connectivity index is 2.47. The number of nitrogens with one attached hydrogen (secondary N) is 1. The van der Waals surface area contributed by atoms with E-state index in [4.69, 9.17) is 10.9 Å². The van der Waals surface area contributed by atoms with Crippen molar-refractivity contribution in [1.29, 1.82) is 0 Å². The summed E-state index contributed by atoms with van der Waals surface area (Å²) in [7, 11) is 0. The van der Waals surface area contributed by atoms with Crippen LogP contribution >= 0.6 is 11.3 Å². The summed E-state index contributed by atoms with van der Waals surface area (Å²) in [5.41, 5.74) is 6.33. The summed E-state index contributed by atoms with van der Waals surface area (Å²) in [4.78, 5) is 12.4. The molecule has 0 atom stereocenters. The van der Waals surface area contributed by atoms with Gasteiger partial charge in [0.05, 0.1) is 4.88 Å². The molecule has 0 saturated heterocycles. The number of hydrogen-bond acceptors (Lipinski definition) is 4. The van der Waals surface area contributed by atoms with Gasteiger partial charge >= 0.3 is 0 Å². The van der Waals surface area contributed by atoms with Gasteiger partial charge in [0, 0.05) is 13.0 Å². The standard InChI is InChI=1S/C10H15N3O2S/c1-2-7-4-6-16-9(7)10(14)12-5-3-8(11)13-15/h4,6,15H,2-3,5H2,1H3,(H2,11,13)(H,12,14). The van der Waals surface area contributed by atoms with Gasteiger partial charge in [0.2, 0.25) is 0 Å². The molecule has 0 spiro atoms. The van der Waals surface area contributed by atoms with E-state index in [-0.39, 0.29) is 11.7 Å². The molecule has 0 bridgehead atoms. The van der Waals surface area contributed by atoms with Gasteiger partial charge in [-0.15, -0.1) is 11.3 Å². The van der Waals surface area contributed by atoms with Crippen LogP contribution in [0.3, 0.4) is 0 Å². The van der Waals surface area contributed by atoms with Crippen LogP contribution < -0.4 is 11.1 Å². The molecular weight excluding hydrogens is 226 g/mol. The monoisotopic (exact) mass is 241 g/mol. The third-order valence-corrected chi connectivity index (χ3v) is 3.08. The van der Waals surface area contributed by atoms with Crippen molar-refractivity contribution in [3.8, 4) is 0 Å². The third-order valence-electron chi connectivity index (χ3n) is 2.13. The zero-order valence-corrected chi connectivity index (χ0v) is 9.88. The van der Waals surface area contributed by atoms with Crippen LogP contribution in [0.4, 0.5) is 0 Å². The highest BCUT2D eigenvalue weighted by atomic mass is 32.1. The Kier molecular flexibility index (Phi) is 4.78. The molecule has 1 aromatic heterocycles. The lowest BCUT2D eigenvalue weighted by Gasteiger charge is -2.04. The van der Waals surface area contributed by atoms with Gasteiger partial charge in [0.15, 0.2) is 0 Å². The van der Waals surface area contributed by atoms with Crippen molar-refractivity contribution in [2.75, 3.05) is 6.54 Å². The van der Waals surface area contributed by atoms with Crippen LogP contribution in [0, 0.1) is 0 Å². The highest BCUT2D eigenvalue weighted by Crippen LogP contribution is 2.16. The molecule has 0 radical (unpaired) electrons. The Morgan fingerprint density at radius 1 is 1.69 bits per heavy atom. The number of hydrogen-bond donors (Lipinski definition) is 3. The fourth-order valence-electron chi connectivity index (χ4n) is 1.25. The van der Waals surface area contributed by atoms with Crippen molar-refractivity contribution in [3.63, 3.8) is 0 Å². The number of aryl methyl sites for hydroxylation is 1. The molecule has 6 heteroatoms. The normalized spacial score (nSPS) is 11.4. The first-order chi connectivity index (χ1) is 7.69. The van der Waals surface area contributed by atoms with E-state index in [1.54, 1.807) is 0 Å². The van der Waals surface area contributed by atoms with Gasteiger partial charge < -0.3 is 16.3 Å². The third kappa shape index (κ3) is 3.23. The zero-order valence-electron chi connectivity index (χ0n) is 9.06. The van der Waals surface area contributed by atoms with E-state index in [9.17, 15) is 4.79 Å². The van der Waals surface area contributed by atoms with Gasteiger partial charge in [-0.25, -0.2) is 0 Å². The van der Waals surface area contributed by atoms with Crippen LogP contribution in [0.2, 0.25) is 0 Å². The molecule has 1 aromatic rings. The Morgan fingerprint density at radius 3 is 3.06 bits per heavy atom. The fourth-order valence-corrected chi connectivity index (χ4v) is 2.16. The molecule has 4 N–H and O–H groups in total. The van der Waals surface area contributed by atoms with E-state index in [0.29, 0.717) is 13.0 Å². The lowest BCUT2D eigenvalue weighted by molar-refractivity contribution is 0.0958. The number of amides is 1. The average Bonchev–Trinajstić information content (AvgIpc) is 2.76. The molecule has 1 amide bonds. The molecule has 0 unspecified atom stereocenters. The second-order valence-corrected chi connectivity index (χ2v) is 4.14. The molecular formula is C10H15N3O2S. The summed E-state index contributed by atoms with van der Waals surface area (Å²) in [6, 6.07) is 1.95. The molecule has 0 saturated carbocycles. The lowest BCUT2D eigenvalue weighted by Crippen LogP contribution is -2.28. The Hall–Kier alpha value is -1.56. The smallest absolute Gasteiger partial charge is 0.261 e. The highest BCUT2D eigenvalue weighted by molar-refractivity contribution is 7.12. The molecule has 0 aliphatic rings. The molecule has 5 nitrogen and oxygen atoms in total. The number of nitrogens with zero attached hydrogens (tertiary/aromatic N) is 1. The quantitative estimate of drug-likeness (QED) is 0.313. The maximum atomic E-state index is 11.7. The minimum atomic E-state index is -0.0995. The molecule has 1 heterocycles. The fraction of sp³-hybridized carbons (Fsp3) is 0.400. The van der Waals surface area contributed by atoms with Crippen LogP contribution in [0.1, 0.15) is 28.6 Å². The van der Waals surface area contributed by atoms with Crippen LogP contribution in [0.5, 0.6) is 0 Å². The number of rotatable bonds is 5. The topological polar surface area (TPSA) is 87.7 Å². The molecule has 0 fully saturated rings. The van der Waals surface area contributed by atoms with Crippen molar-refractivity contribution in [3.05, 3.63) is 21.9 Å². The molecule has 16 heavy (non-hydrogen) atoms. The van der Waals surface area contributed by atoms with Crippen molar-refractivity contribution < 1.29 is 10.0 Å².